The van der Waals surface area contributed by atoms with Crippen LogP contribution in [-0.2, 0) is 6.42 Å². The molecule has 0 fully saturated rings. The number of rotatable bonds is 3. The molecule has 5 heteroatoms. The smallest absolute Gasteiger partial charge is 0.117 e. The minimum absolute atomic E-state index is 0.115. The van der Waals surface area contributed by atoms with Gasteiger partial charge in [0.2, 0.25) is 0 Å². The predicted octanol–water partition coefficient (Wildman–Crippen LogP) is 6.53. The van der Waals surface area contributed by atoms with Gasteiger partial charge < -0.3 is 5.41 Å². The molecule has 2 aliphatic rings. The standard InChI is InChI=1S/C26H24N4O/c1-15-14-29-23-9-6-18(13-22(23)25(27)16(15)2)21-4-3-11-28-26(21)19-5-8-20-17(12-19)7-10-24(20)30-31/h3-6,8-9,11-16,24,27H,7,10H2,1-2H3. The molecular weight excluding hydrogens is 384 g/mol. The van der Waals surface area contributed by atoms with Gasteiger partial charge in [-0.25, -0.2) is 0 Å². The topological polar surface area (TPSA) is 78.5 Å². The van der Waals surface area contributed by atoms with E-state index in [-0.39, 0.29) is 17.9 Å². The molecular formula is C26H24N4O. The molecule has 154 valence electrons. The average molecular weight is 409 g/mol. The molecule has 0 saturated carbocycles. The van der Waals surface area contributed by atoms with Crippen LogP contribution in [0, 0.1) is 22.2 Å². The second-order valence-corrected chi connectivity index (χ2v) is 8.54. The van der Waals surface area contributed by atoms with Crippen LogP contribution in [0.15, 0.2) is 64.9 Å². The Labute approximate surface area is 181 Å². The molecule has 1 aromatic heterocycles. The summed E-state index contributed by atoms with van der Waals surface area (Å²) in [6.07, 6.45) is 5.40. The predicted molar refractivity (Wildman–Crippen MR) is 125 cm³/mol. The van der Waals surface area contributed by atoms with E-state index >= 15 is 0 Å². The van der Waals surface area contributed by atoms with Crippen molar-refractivity contribution in [1.82, 2.24) is 4.98 Å². The van der Waals surface area contributed by atoms with E-state index in [9.17, 15) is 4.91 Å². The Bertz CT molecular complexity index is 1230. The van der Waals surface area contributed by atoms with Crippen molar-refractivity contribution in [2.45, 2.75) is 32.7 Å². The molecule has 3 atom stereocenters. The number of nitroso groups, excluding NO2 is 1. The first-order valence-corrected chi connectivity index (χ1v) is 10.7. The molecule has 2 aromatic carbocycles. The van der Waals surface area contributed by atoms with Crippen LogP contribution in [0.5, 0.6) is 0 Å². The Hall–Kier alpha value is -3.47. The molecule has 3 unspecified atom stereocenters. The SMILES string of the molecule is CC1C=Nc2ccc(-c3cccnc3-c3ccc4c(c3)CCC4N=O)cc2C(=N)C1C. The highest BCUT2D eigenvalue weighted by Gasteiger charge is 2.25. The summed E-state index contributed by atoms with van der Waals surface area (Å²) in [4.78, 5) is 20.4. The fourth-order valence-corrected chi connectivity index (χ4v) is 4.59. The lowest BCUT2D eigenvalue weighted by atomic mass is 9.87. The molecule has 5 nitrogen and oxygen atoms in total. The van der Waals surface area contributed by atoms with Gasteiger partial charge in [-0.15, -0.1) is 0 Å². The van der Waals surface area contributed by atoms with Gasteiger partial charge in [0.25, 0.3) is 0 Å². The molecule has 0 spiro atoms. The summed E-state index contributed by atoms with van der Waals surface area (Å²) in [5.41, 5.74) is 8.55. The van der Waals surface area contributed by atoms with Gasteiger partial charge in [0.05, 0.1) is 11.4 Å². The van der Waals surface area contributed by atoms with Gasteiger partial charge in [0.1, 0.15) is 6.04 Å². The highest BCUT2D eigenvalue weighted by Crippen LogP contribution is 2.39. The fourth-order valence-electron chi connectivity index (χ4n) is 4.59. The van der Waals surface area contributed by atoms with Crippen LogP contribution in [0.2, 0.25) is 0 Å². The normalized spacial score (nSPS) is 22.0. The van der Waals surface area contributed by atoms with E-state index in [2.05, 4.69) is 48.3 Å². The number of nitrogens with one attached hydrogen (secondary N) is 1. The maximum atomic E-state index is 11.1. The lowest BCUT2D eigenvalue weighted by Gasteiger charge is -2.16. The van der Waals surface area contributed by atoms with E-state index in [0.717, 1.165) is 52.0 Å². The molecule has 2 heterocycles. The third kappa shape index (κ3) is 3.30. The Morgan fingerprint density at radius 3 is 2.71 bits per heavy atom. The molecule has 1 N–H and O–H groups in total. The molecule has 3 aromatic rings. The van der Waals surface area contributed by atoms with Crippen LogP contribution in [-0.4, -0.2) is 16.9 Å². The van der Waals surface area contributed by atoms with Crippen molar-refractivity contribution in [3.05, 3.63) is 76.3 Å². The Morgan fingerprint density at radius 2 is 1.87 bits per heavy atom. The third-order valence-corrected chi connectivity index (χ3v) is 6.69. The number of benzene rings is 2. The molecule has 31 heavy (non-hydrogen) atoms. The molecule has 0 amide bonds. The number of aryl methyl sites for hydroxylation is 1. The van der Waals surface area contributed by atoms with Crippen molar-refractivity contribution in [2.75, 3.05) is 0 Å². The zero-order valence-corrected chi connectivity index (χ0v) is 17.7. The van der Waals surface area contributed by atoms with Gasteiger partial charge in [-0.3, -0.25) is 9.98 Å². The molecule has 0 bridgehead atoms. The number of fused-ring (bicyclic) bond motifs is 2. The van der Waals surface area contributed by atoms with Crippen LogP contribution in [0.1, 0.15) is 43.0 Å². The summed E-state index contributed by atoms with van der Waals surface area (Å²) in [6.45, 7) is 4.19. The van der Waals surface area contributed by atoms with Crippen LogP contribution in [0.4, 0.5) is 5.69 Å². The highest BCUT2D eigenvalue weighted by molar-refractivity contribution is 6.07. The Balaban J connectivity index is 1.60. The van der Waals surface area contributed by atoms with Gasteiger partial charge in [-0.1, -0.05) is 43.3 Å². The monoisotopic (exact) mass is 408 g/mol. The molecule has 0 radical (unpaired) electrons. The highest BCUT2D eigenvalue weighted by atomic mass is 16.3. The summed E-state index contributed by atoms with van der Waals surface area (Å²) >= 11 is 0. The molecule has 1 aliphatic heterocycles. The maximum Gasteiger partial charge on any atom is 0.117 e. The van der Waals surface area contributed by atoms with Gasteiger partial charge in [-0.2, -0.15) is 4.91 Å². The van der Waals surface area contributed by atoms with E-state index in [1.54, 1.807) is 6.20 Å². The van der Waals surface area contributed by atoms with Gasteiger partial charge in [-0.05, 0) is 59.7 Å². The summed E-state index contributed by atoms with van der Waals surface area (Å²) in [5.74, 6) is 0.345. The minimum Gasteiger partial charge on any atom is -0.304 e. The zero-order chi connectivity index (χ0) is 21.5. The largest absolute Gasteiger partial charge is 0.304 e. The quantitative estimate of drug-likeness (QED) is 0.500. The summed E-state index contributed by atoms with van der Waals surface area (Å²) in [6, 6.07) is 16.1. The van der Waals surface area contributed by atoms with E-state index in [1.165, 1.54) is 5.56 Å². The van der Waals surface area contributed by atoms with Crippen LogP contribution < -0.4 is 0 Å². The first-order chi connectivity index (χ1) is 15.1. The Kier molecular flexibility index (Phi) is 4.81. The number of aromatic nitrogens is 1. The third-order valence-electron chi connectivity index (χ3n) is 6.69. The van der Waals surface area contributed by atoms with E-state index in [1.807, 2.05) is 30.5 Å². The molecule has 1 aliphatic carbocycles. The summed E-state index contributed by atoms with van der Waals surface area (Å²) < 4.78 is 0. The van der Waals surface area contributed by atoms with Crippen molar-refractivity contribution in [3.63, 3.8) is 0 Å². The van der Waals surface area contributed by atoms with Crippen molar-refractivity contribution in [3.8, 4) is 22.4 Å². The summed E-state index contributed by atoms with van der Waals surface area (Å²) in [7, 11) is 0. The lowest BCUT2D eigenvalue weighted by molar-refractivity contribution is 0.635. The van der Waals surface area contributed by atoms with Crippen LogP contribution in [0.25, 0.3) is 22.4 Å². The molecule has 5 rings (SSSR count). The van der Waals surface area contributed by atoms with Crippen molar-refractivity contribution >= 4 is 17.6 Å². The van der Waals surface area contributed by atoms with Gasteiger partial charge >= 0.3 is 0 Å². The minimum atomic E-state index is -0.229. The lowest BCUT2D eigenvalue weighted by Crippen LogP contribution is -2.18. The first-order valence-electron chi connectivity index (χ1n) is 10.7. The van der Waals surface area contributed by atoms with Crippen LogP contribution >= 0.6 is 0 Å². The van der Waals surface area contributed by atoms with Crippen molar-refractivity contribution in [1.29, 1.82) is 5.41 Å². The second kappa shape index (κ2) is 7.65. The van der Waals surface area contributed by atoms with E-state index < -0.39 is 0 Å². The number of hydrogen-bond donors (Lipinski definition) is 1. The fraction of sp³-hybridized carbons (Fsp3) is 0.269. The average Bonchev–Trinajstić information content (AvgIpc) is 3.19. The number of hydrogen-bond acceptors (Lipinski definition) is 5. The number of aliphatic imine (C=N–C) groups is 1. The van der Waals surface area contributed by atoms with Crippen LogP contribution in [0.3, 0.4) is 0 Å². The zero-order valence-electron chi connectivity index (χ0n) is 17.7. The van der Waals surface area contributed by atoms with Gasteiger partial charge in [0, 0.05) is 40.7 Å². The van der Waals surface area contributed by atoms with Gasteiger partial charge in [0.15, 0.2) is 0 Å². The Morgan fingerprint density at radius 1 is 1.03 bits per heavy atom. The second-order valence-electron chi connectivity index (χ2n) is 8.54. The number of pyridine rings is 1. The van der Waals surface area contributed by atoms with E-state index in [0.29, 0.717) is 5.71 Å². The van der Waals surface area contributed by atoms with Crippen molar-refractivity contribution in [2.24, 2.45) is 22.0 Å². The maximum absolute atomic E-state index is 11.1. The first kappa shape index (κ1) is 19.5. The van der Waals surface area contributed by atoms with E-state index in [4.69, 9.17) is 10.4 Å². The number of nitrogens with zero attached hydrogens (tertiary/aromatic N) is 3. The summed E-state index contributed by atoms with van der Waals surface area (Å²) in [5, 5.41) is 12.0. The molecule has 0 saturated heterocycles. The van der Waals surface area contributed by atoms with Crippen molar-refractivity contribution < 1.29 is 0 Å².